The maximum Gasteiger partial charge on any atom is 0.416 e. The lowest BCUT2D eigenvalue weighted by Crippen LogP contribution is -2.04. The second-order valence-corrected chi connectivity index (χ2v) is 4.24. The molecule has 96 valence electrons. The molecule has 0 bridgehead atoms. The number of aryl methyl sites for hydroxylation is 2. The molecule has 0 atom stereocenters. The average molecular weight is 254 g/mol. The molecule has 0 saturated carbocycles. The zero-order valence-electron chi connectivity index (χ0n) is 10.3. The number of alkyl halides is 3. The van der Waals surface area contributed by atoms with Gasteiger partial charge in [0.15, 0.2) is 0 Å². The Labute approximate surface area is 103 Å². The first-order valence-corrected chi connectivity index (χ1v) is 5.48. The minimum absolute atomic E-state index is 0.634. The Hall–Kier alpha value is -1.78. The van der Waals surface area contributed by atoms with Gasteiger partial charge in [0.25, 0.3) is 0 Å². The Morgan fingerprint density at radius 3 is 2.00 bits per heavy atom. The lowest BCUT2D eigenvalue weighted by molar-refractivity contribution is -0.137. The van der Waals surface area contributed by atoms with Gasteiger partial charge in [-0.2, -0.15) is 18.3 Å². The van der Waals surface area contributed by atoms with Gasteiger partial charge in [0.2, 0.25) is 0 Å². The zero-order chi connectivity index (χ0) is 13.5. The summed E-state index contributed by atoms with van der Waals surface area (Å²) in [5, 5.41) is 4.25. The molecule has 2 aromatic rings. The summed E-state index contributed by atoms with van der Waals surface area (Å²) in [6.07, 6.45) is -4.29. The van der Waals surface area contributed by atoms with Gasteiger partial charge in [0.1, 0.15) is 0 Å². The lowest BCUT2D eigenvalue weighted by atomic mass is 10.0. The number of hydrogen-bond acceptors (Lipinski definition) is 1. The van der Waals surface area contributed by atoms with Crippen LogP contribution in [0.25, 0.3) is 11.1 Å². The molecule has 0 radical (unpaired) electrons. The normalized spacial score (nSPS) is 11.9. The van der Waals surface area contributed by atoms with Crippen LogP contribution < -0.4 is 0 Å². The summed E-state index contributed by atoms with van der Waals surface area (Å²) in [5.41, 5.74) is 2.77. The van der Waals surface area contributed by atoms with Crippen molar-refractivity contribution in [2.24, 2.45) is 7.05 Å². The van der Waals surface area contributed by atoms with E-state index in [1.807, 2.05) is 20.9 Å². The molecule has 0 fully saturated rings. The van der Waals surface area contributed by atoms with Gasteiger partial charge in [0.05, 0.1) is 11.3 Å². The van der Waals surface area contributed by atoms with Gasteiger partial charge in [-0.25, -0.2) is 0 Å². The third-order valence-electron chi connectivity index (χ3n) is 3.01. The molecule has 5 heteroatoms. The molecule has 1 aromatic heterocycles. The van der Waals surface area contributed by atoms with Crippen LogP contribution in [0, 0.1) is 13.8 Å². The van der Waals surface area contributed by atoms with Crippen LogP contribution in [-0.4, -0.2) is 9.78 Å². The maximum atomic E-state index is 12.5. The van der Waals surface area contributed by atoms with Gasteiger partial charge < -0.3 is 0 Å². The maximum absolute atomic E-state index is 12.5. The molecular weight excluding hydrogens is 241 g/mol. The van der Waals surface area contributed by atoms with Gasteiger partial charge in [-0.05, 0) is 31.5 Å². The molecular formula is C13H13F3N2. The number of halogens is 3. The van der Waals surface area contributed by atoms with Crippen LogP contribution >= 0.6 is 0 Å². The van der Waals surface area contributed by atoms with Crippen molar-refractivity contribution in [3.05, 3.63) is 41.2 Å². The lowest BCUT2D eigenvalue weighted by Gasteiger charge is -2.08. The van der Waals surface area contributed by atoms with Crippen LogP contribution in [0.2, 0.25) is 0 Å². The summed E-state index contributed by atoms with van der Waals surface area (Å²) in [6, 6.07) is 5.17. The molecule has 0 aliphatic heterocycles. The summed E-state index contributed by atoms with van der Waals surface area (Å²) >= 11 is 0. The molecule has 0 saturated heterocycles. The van der Waals surface area contributed by atoms with E-state index in [0.29, 0.717) is 0 Å². The van der Waals surface area contributed by atoms with E-state index in [9.17, 15) is 13.2 Å². The van der Waals surface area contributed by atoms with E-state index in [0.717, 1.165) is 34.6 Å². The number of rotatable bonds is 1. The summed E-state index contributed by atoms with van der Waals surface area (Å²) < 4.78 is 39.1. The highest BCUT2D eigenvalue weighted by Gasteiger charge is 2.30. The van der Waals surface area contributed by atoms with Crippen LogP contribution in [0.4, 0.5) is 13.2 Å². The smallest absolute Gasteiger partial charge is 0.272 e. The predicted octanol–water partition coefficient (Wildman–Crippen LogP) is 3.72. The Morgan fingerprint density at radius 2 is 1.61 bits per heavy atom. The summed E-state index contributed by atoms with van der Waals surface area (Å²) in [4.78, 5) is 0. The minimum Gasteiger partial charge on any atom is -0.272 e. The van der Waals surface area contributed by atoms with E-state index >= 15 is 0 Å². The van der Waals surface area contributed by atoms with E-state index in [2.05, 4.69) is 5.10 Å². The molecule has 0 unspecified atom stereocenters. The van der Waals surface area contributed by atoms with Crippen LogP contribution in [0.1, 0.15) is 17.0 Å². The molecule has 0 aliphatic rings. The third kappa shape index (κ3) is 2.12. The number of benzene rings is 1. The van der Waals surface area contributed by atoms with Crippen molar-refractivity contribution in [3.63, 3.8) is 0 Å². The van der Waals surface area contributed by atoms with Crippen molar-refractivity contribution in [2.45, 2.75) is 20.0 Å². The van der Waals surface area contributed by atoms with Gasteiger partial charge in [-0.3, -0.25) is 4.68 Å². The fraction of sp³-hybridized carbons (Fsp3) is 0.308. The topological polar surface area (TPSA) is 17.8 Å². The number of nitrogens with zero attached hydrogens (tertiary/aromatic N) is 2. The van der Waals surface area contributed by atoms with Crippen LogP contribution in [0.15, 0.2) is 24.3 Å². The summed E-state index contributed by atoms with van der Waals surface area (Å²) in [5.74, 6) is 0. The van der Waals surface area contributed by atoms with Crippen molar-refractivity contribution in [3.8, 4) is 11.1 Å². The van der Waals surface area contributed by atoms with E-state index in [1.54, 1.807) is 4.68 Å². The molecule has 0 spiro atoms. The predicted molar refractivity (Wildman–Crippen MR) is 63.1 cm³/mol. The highest BCUT2D eigenvalue weighted by Crippen LogP contribution is 2.32. The molecule has 1 heterocycles. The van der Waals surface area contributed by atoms with Gasteiger partial charge in [-0.1, -0.05) is 12.1 Å². The van der Waals surface area contributed by atoms with Crippen molar-refractivity contribution in [1.82, 2.24) is 9.78 Å². The standard InChI is InChI=1S/C13H13F3N2/c1-8-12(9(2)18(3)17-8)10-4-6-11(7-5-10)13(14,15)16/h4-7H,1-3H3. The Bertz CT molecular complexity index is 565. The van der Waals surface area contributed by atoms with Crippen LogP contribution in [0.3, 0.4) is 0 Å². The Balaban J connectivity index is 2.47. The minimum atomic E-state index is -4.29. The molecule has 0 aliphatic carbocycles. The molecule has 2 rings (SSSR count). The highest BCUT2D eigenvalue weighted by atomic mass is 19.4. The number of aromatic nitrogens is 2. The van der Waals surface area contributed by atoms with Crippen molar-refractivity contribution in [1.29, 1.82) is 0 Å². The van der Waals surface area contributed by atoms with E-state index in [1.165, 1.54) is 12.1 Å². The molecule has 0 amide bonds. The van der Waals surface area contributed by atoms with Crippen molar-refractivity contribution >= 4 is 0 Å². The monoisotopic (exact) mass is 254 g/mol. The SMILES string of the molecule is Cc1nn(C)c(C)c1-c1ccc(C(F)(F)F)cc1. The third-order valence-corrected chi connectivity index (χ3v) is 3.01. The fourth-order valence-electron chi connectivity index (χ4n) is 2.02. The van der Waals surface area contributed by atoms with Crippen molar-refractivity contribution in [2.75, 3.05) is 0 Å². The molecule has 0 N–H and O–H groups in total. The first-order chi connectivity index (χ1) is 8.30. The van der Waals surface area contributed by atoms with E-state index in [-0.39, 0.29) is 0 Å². The first-order valence-electron chi connectivity index (χ1n) is 5.48. The Morgan fingerprint density at radius 1 is 1.06 bits per heavy atom. The van der Waals surface area contributed by atoms with Crippen LogP contribution in [0.5, 0.6) is 0 Å². The molecule has 1 aromatic carbocycles. The number of hydrogen-bond donors (Lipinski definition) is 0. The second-order valence-electron chi connectivity index (χ2n) is 4.24. The fourth-order valence-corrected chi connectivity index (χ4v) is 2.02. The Kier molecular flexibility index (Phi) is 2.92. The van der Waals surface area contributed by atoms with E-state index < -0.39 is 11.7 Å². The van der Waals surface area contributed by atoms with Gasteiger partial charge in [-0.15, -0.1) is 0 Å². The zero-order valence-corrected chi connectivity index (χ0v) is 10.3. The van der Waals surface area contributed by atoms with Gasteiger partial charge >= 0.3 is 6.18 Å². The van der Waals surface area contributed by atoms with Gasteiger partial charge in [0, 0.05) is 18.3 Å². The first kappa shape index (κ1) is 12.7. The molecule has 2 nitrogen and oxygen atoms in total. The summed E-state index contributed by atoms with van der Waals surface area (Å²) in [7, 11) is 1.82. The quantitative estimate of drug-likeness (QED) is 0.758. The second kappa shape index (κ2) is 4.15. The van der Waals surface area contributed by atoms with E-state index in [4.69, 9.17) is 0 Å². The molecule has 18 heavy (non-hydrogen) atoms. The highest BCUT2D eigenvalue weighted by molar-refractivity contribution is 5.68. The van der Waals surface area contributed by atoms with Crippen molar-refractivity contribution < 1.29 is 13.2 Å². The van der Waals surface area contributed by atoms with Crippen LogP contribution in [-0.2, 0) is 13.2 Å². The average Bonchev–Trinajstić information content (AvgIpc) is 2.52. The largest absolute Gasteiger partial charge is 0.416 e. The summed E-state index contributed by atoms with van der Waals surface area (Å²) in [6.45, 7) is 3.74.